The smallest absolute Gasteiger partial charge is 0.269 e. The van der Waals surface area contributed by atoms with Crippen LogP contribution in [-0.4, -0.2) is 56.1 Å². The van der Waals surface area contributed by atoms with Crippen LogP contribution in [0.5, 0.6) is 0 Å². The SMILES string of the molecule is COCCNC(=O)c1cc2c(c(-c3cccc(-c4cccc(F)c4)c3)n1)[C@H](CCO)N([S@@](=O)C(C)(C)C)C2. The molecule has 1 aromatic heterocycles. The van der Waals surface area contributed by atoms with E-state index >= 15 is 0 Å². The van der Waals surface area contributed by atoms with Crippen molar-refractivity contribution in [1.29, 1.82) is 0 Å². The van der Waals surface area contributed by atoms with Crippen molar-refractivity contribution < 1.29 is 23.2 Å². The number of methoxy groups -OCH3 is 1. The fourth-order valence-corrected chi connectivity index (χ4v) is 6.08. The molecule has 0 fully saturated rings. The molecule has 2 N–H and O–H groups in total. The zero-order valence-electron chi connectivity index (χ0n) is 22.2. The lowest BCUT2D eigenvalue weighted by Gasteiger charge is -2.30. The molecule has 4 rings (SSSR count). The highest BCUT2D eigenvalue weighted by molar-refractivity contribution is 7.84. The molecule has 9 heteroatoms. The molecule has 0 unspecified atom stereocenters. The first-order valence-electron chi connectivity index (χ1n) is 12.6. The van der Waals surface area contributed by atoms with Gasteiger partial charge in [0.15, 0.2) is 0 Å². The summed E-state index contributed by atoms with van der Waals surface area (Å²) in [4.78, 5) is 17.8. The number of aliphatic hydroxyl groups excluding tert-OH is 1. The zero-order chi connectivity index (χ0) is 27.4. The van der Waals surface area contributed by atoms with Crippen LogP contribution in [0.15, 0.2) is 54.6 Å². The van der Waals surface area contributed by atoms with E-state index in [4.69, 9.17) is 9.72 Å². The topological polar surface area (TPSA) is 91.8 Å². The van der Waals surface area contributed by atoms with Gasteiger partial charge in [-0.2, -0.15) is 0 Å². The second-order valence-electron chi connectivity index (χ2n) is 10.2. The number of amides is 1. The van der Waals surface area contributed by atoms with Crippen LogP contribution in [0.2, 0.25) is 0 Å². The van der Waals surface area contributed by atoms with E-state index in [1.165, 1.54) is 12.1 Å². The minimum atomic E-state index is -1.36. The molecule has 1 aliphatic heterocycles. The quantitative estimate of drug-likeness (QED) is 0.387. The largest absolute Gasteiger partial charge is 0.396 e. The van der Waals surface area contributed by atoms with Gasteiger partial charge in [-0.3, -0.25) is 4.79 Å². The van der Waals surface area contributed by atoms with Gasteiger partial charge >= 0.3 is 0 Å². The molecular weight excluding hydrogens is 505 g/mol. The summed E-state index contributed by atoms with van der Waals surface area (Å²) in [7, 11) is 0.205. The molecule has 1 amide bonds. The van der Waals surface area contributed by atoms with Crippen LogP contribution in [0.1, 0.15) is 54.8 Å². The number of halogens is 1. The van der Waals surface area contributed by atoms with E-state index in [-0.39, 0.29) is 30.1 Å². The van der Waals surface area contributed by atoms with Crippen LogP contribution in [-0.2, 0) is 22.3 Å². The van der Waals surface area contributed by atoms with E-state index in [1.54, 1.807) is 19.2 Å². The van der Waals surface area contributed by atoms with Gasteiger partial charge in [-0.05, 0) is 68.1 Å². The molecule has 2 atom stereocenters. The molecule has 38 heavy (non-hydrogen) atoms. The van der Waals surface area contributed by atoms with Gasteiger partial charge in [0.25, 0.3) is 5.91 Å². The standard InChI is InChI=1S/C29H34FN3O4S/c1-29(2,3)38(36)33-18-22-17-24(28(35)31-12-14-37-4)32-27(26(22)25(33)11-13-34)21-9-5-7-19(15-21)20-8-6-10-23(30)16-20/h5-10,15-17,25,34H,11-14,18H2,1-4H3,(H,31,35)/t25-,38-/m0/s1. The summed E-state index contributed by atoms with van der Waals surface area (Å²) in [6.45, 7) is 6.72. The van der Waals surface area contributed by atoms with E-state index in [1.807, 2.05) is 55.4 Å². The second-order valence-corrected chi connectivity index (χ2v) is 12.4. The highest BCUT2D eigenvalue weighted by Crippen LogP contribution is 2.44. The number of benzene rings is 2. The molecule has 0 saturated carbocycles. The first-order chi connectivity index (χ1) is 18.1. The van der Waals surface area contributed by atoms with Gasteiger partial charge in [-0.25, -0.2) is 17.9 Å². The predicted molar refractivity (Wildman–Crippen MR) is 147 cm³/mol. The van der Waals surface area contributed by atoms with Crippen LogP contribution in [0.3, 0.4) is 0 Å². The Morgan fingerprint density at radius 1 is 1.16 bits per heavy atom. The van der Waals surface area contributed by atoms with Crippen LogP contribution >= 0.6 is 0 Å². The third-order valence-corrected chi connectivity index (χ3v) is 8.27. The summed E-state index contributed by atoms with van der Waals surface area (Å²) >= 11 is 0. The molecule has 0 bridgehead atoms. The predicted octanol–water partition coefficient (Wildman–Crippen LogP) is 4.63. The molecule has 202 valence electrons. The Hall–Kier alpha value is -2.98. The van der Waals surface area contributed by atoms with E-state index in [0.29, 0.717) is 31.8 Å². The van der Waals surface area contributed by atoms with Crippen LogP contribution in [0.4, 0.5) is 4.39 Å². The minimum absolute atomic E-state index is 0.0933. The molecule has 2 heterocycles. The van der Waals surface area contributed by atoms with Crippen molar-refractivity contribution in [1.82, 2.24) is 14.6 Å². The summed E-state index contributed by atoms with van der Waals surface area (Å²) in [6.07, 6.45) is 0.368. The maximum atomic E-state index is 14.0. The molecular formula is C29H34FN3O4S. The number of aromatic nitrogens is 1. The van der Waals surface area contributed by atoms with Crippen molar-refractivity contribution >= 4 is 16.9 Å². The summed E-state index contributed by atoms with van der Waals surface area (Å²) in [6, 6.07) is 15.4. The van der Waals surface area contributed by atoms with E-state index < -0.39 is 15.7 Å². The van der Waals surface area contributed by atoms with Crippen molar-refractivity contribution in [2.24, 2.45) is 0 Å². The van der Waals surface area contributed by atoms with Gasteiger partial charge in [0.2, 0.25) is 0 Å². The van der Waals surface area contributed by atoms with Gasteiger partial charge < -0.3 is 15.2 Å². The number of nitrogens with zero attached hydrogens (tertiary/aromatic N) is 2. The number of nitrogens with one attached hydrogen (secondary N) is 1. The summed E-state index contributed by atoms with van der Waals surface area (Å²) in [5.74, 6) is -0.661. The lowest BCUT2D eigenvalue weighted by molar-refractivity contribution is 0.0932. The maximum absolute atomic E-state index is 14.0. The van der Waals surface area contributed by atoms with Gasteiger partial charge in [0.05, 0.1) is 23.1 Å². The Labute approximate surface area is 225 Å². The maximum Gasteiger partial charge on any atom is 0.269 e. The summed E-state index contributed by atoms with van der Waals surface area (Å²) in [5, 5.41) is 12.8. The Kier molecular flexibility index (Phi) is 8.72. The molecule has 0 aliphatic carbocycles. The number of fused-ring (bicyclic) bond motifs is 1. The lowest BCUT2D eigenvalue weighted by Crippen LogP contribution is -2.36. The highest BCUT2D eigenvalue weighted by Gasteiger charge is 2.40. The molecule has 0 radical (unpaired) electrons. The normalized spacial score (nSPS) is 16.3. The van der Waals surface area contributed by atoms with Gasteiger partial charge in [-0.1, -0.05) is 30.3 Å². The van der Waals surface area contributed by atoms with E-state index in [0.717, 1.165) is 27.8 Å². The lowest BCUT2D eigenvalue weighted by atomic mass is 9.94. The molecule has 0 spiro atoms. The fourth-order valence-electron chi connectivity index (χ4n) is 4.68. The molecule has 1 aliphatic rings. The first-order valence-corrected chi connectivity index (χ1v) is 13.7. The van der Waals surface area contributed by atoms with Crippen LogP contribution < -0.4 is 5.32 Å². The highest BCUT2D eigenvalue weighted by atomic mass is 32.2. The van der Waals surface area contributed by atoms with Gasteiger partial charge in [0.1, 0.15) is 22.5 Å². The van der Waals surface area contributed by atoms with E-state index in [9.17, 15) is 18.5 Å². The van der Waals surface area contributed by atoms with Crippen LogP contribution in [0.25, 0.3) is 22.4 Å². The van der Waals surface area contributed by atoms with Crippen molar-refractivity contribution in [3.8, 4) is 22.4 Å². The third kappa shape index (κ3) is 6.02. The first kappa shape index (κ1) is 28.0. The fraction of sp³-hybridized carbons (Fsp3) is 0.379. The number of hydrogen-bond acceptors (Lipinski definition) is 5. The van der Waals surface area contributed by atoms with Crippen molar-refractivity contribution in [2.45, 2.75) is 44.5 Å². The Morgan fingerprint density at radius 3 is 2.50 bits per heavy atom. The van der Waals surface area contributed by atoms with E-state index in [2.05, 4.69) is 5.32 Å². The van der Waals surface area contributed by atoms with Gasteiger partial charge in [-0.15, -0.1) is 0 Å². The average Bonchev–Trinajstić information content (AvgIpc) is 3.25. The van der Waals surface area contributed by atoms with Gasteiger partial charge in [0, 0.05) is 37.9 Å². The molecule has 0 saturated heterocycles. The monoisotopic (exact) mass is 539 g/mol. The molecule has 7 nitrogen and oxygen atoms in total. The van der Waals surface area contributed by atoms with Crippen LogP contribution in [0, 0.1) is 5.82 Å². The van der Waals surface area contributed by atoms with Crippen molar-refractivity contribution in [2.75, 3.05) is 26.9 Å². The molecule has 3 aromatic rings. The number of ether oxygens (including phenoxy) is 1. The number of carbonyl (C=O) groups excluding carboxylic acids is 1. The number of rotatable bonds is 9. The number of pyridine rings is 1. The second kappa shape index (κ2) is 11.8. The number of hydrogen-bond donors (Lipinski definition) is 2. The number of aliphatic hydroxyl groups is 1. The Morgan fingerprint density at radius 2 is 1.84 bits per heavy atom. The van der Waals surface area contributed by atoms with Crippen molar-refractivity contribution in [3.63, 3.8) is 0 Å². The average molecular weight is 540 g/mol. The summed E-state index contributed by atoms with van der Waals surface area (Å²) < 4.78 is 33.9. The third-order valence-electron chi connectivity index (χ3n) is 6.41. The zero-order valence-corrected chi connectivity index (χ0v) is 23.0. The number of carbonyl (C=O) groups is 1. The summed E-state index contributed by atoms with van der Waals surface area (Å²) in [5.41, 5.74) is 4.81. The molecule has 2 aromatic carbocycles. The minimum Gasteiger partial charge on any atom is -0.396 e. The Balaban J connectivity index is 1.86. The Bertz CT molecular complexity index is 1340. The van der Waals surface area contributed by atoms with Crippen molar-refractivity contribution in [3.05, 3.63) is 77.2 Å².